The standard InChI is InChI=1S/C24H24F6N4O5S/c25-23(26,27)12-39-15-5-6-16-14(10-15)2-1-8-22(16)11-17-18(20(35)31-22)19(34(32-17)9-7-13-3-4-13)21(36)33-40(37,38)24(28,29)30/h5-6,10,13H,1-4,7-9,11-12H2,(H,31,35)(H,33,36)/t22-/m0/s1. The number of aryl methyl sites for hydroxylation is 2. The van der Waals surface area contributed by atoms with Crippen molar-refractivity contribution in [2.45, 2.75) is 68.7 Å². The van der Waals surface area contributed by atoms with Crippen LogP contribution in [0.15, 0.2) is 18.2 Å². The summed E-state index contributed by atoms with van der Waals surface area (Å²) in [4.78, 5) is 26.3. The molecule has 2 aromatic rings. The highest BCUT2D eigenvalue weighted by Crippen LogP contribution is 2.43. The van der Waals surface area contributed by atoms with Gasteiger partial charge in [0.15, 0.2) is 6.61 Å². The molecule has 1 saturated carbocycles. The number of ether oxygens (including phenoxy) is 1. The second kappa shape index (κ2) is 9.66. The third kappa shape index (κ3) is 5.49. The summed E-state index contributed by atoms with van der Waals surface area (Å²) >= 11 is 0. The van der Waals surface area contributed by atoms with Crippen LogP contribution in [0.1, 0.15) is 69.8 Å². The number of halogens is 6. The zero-order chi connectivity index (χ0) is 29.1. The number of amides is 2. The van der Waals surface area contributed by atoms with E-state index in [1.54, 1.807) is 6.07 Å². The molecular weight excluding hydrogens is 570 g/mol. The molecule has 1 atom stereocenters. The van der Waals surface area contributed by atoms with Gasteiger partial charge in [-0.2, -0.15) is 39.9 Å². The smallest absolute Gasteiger partial charge is 0.484 e. The Kier molecular flexibility index (Phi) is 6.82. The molecule has 0 bridgehead atoms. The molecule has 9 nitrogen and oxygen atoms in total. The molecule has 1 fully saturated rings. The van der Waals surface area contributed by atoms with Gasteiger partial charge in [0.25, 0.3) is 11.8 Å². The monoisotopic (exact) mass is 594 g/mol. The molecular formula is C24H24F6N4O5S. The third-order valence-corrected chi connectivity index (χ3v) is 8.37. The van der Waals surface area contributed by atoms with Crippen LogP contribution in [0.2, 0.25) is 0 Å². The summed E-state index contributed by atoms with van der Waals surface area (Å²) in [5.74, 6) is -2.11. The number of hydrogen-bond acceptors (Lipinski definition) is 6. The molecule has 5 rings (SSSR count). The van der Waals surface area contributed by atoms with E-state index in [0.717, 1.165) is 22.2 Å². The average Bonchev–Trinajstić information content (AvgIpc) is 3.59. The maximum Gasteiger partial charge on any atom is 0.516 e. The van der Waals surface area contributed by atoms with Crippen molar-refractivity contribution in [2.75, 3.05) is 6.61 Å². The molecule has 1 aromatic heterocycles. The zero-order valence-electron chi connectivity index (χ0n) is 20.8. The molecule has 2 amide bonds. The molecule has 218 valence electrons. The third-order valence-electron chi connectivity index (χ3n) is 7.31. The molecule has 2 heterocycles. The van der Waals surface area contributed by atoms with Crippen LogP contribution in [-0.4, -0.2) is 48.3 Å². The number of nitrogens with zero attached hydrogens (tertiary/aromatic N) is 2. The highest BCUT2D eigenvalue weighted by molar-refractivity contribution is 7.90. The lowest BCUT2D eigenvalue weighted by molar-refractivity contribution is -0.153. The summed E-state index contributed by atoms with van der Waals surface area (Å²) in [5, 5.41) is 7.21. The van der Waals surface area contributed by atoms with Crippen LogP contribution < -0.4 is 14.8 Å². The minimum Gasteiger partial charge on any atom is -0.484 e. The van der Waals surface area contributed by atoms with E-state index >= 15 is 0 Å². The number of aromatic nitrogens is 2. The number of nitrogens with one attached hydrogen (secondary N) is 2. The van der Waals surface area contributed by atoms with E-state index in [1.165, 1.54) is 12.1 Å². The van der Waals surface area contributed by atoms with E-state index < -0.39 is 51.4 Å². The summed E-state index contributed by atoms with van der Waals surface area (Å²) in [6.45, 7) is -1.38. The fourth-order valence-electron chi connectivity index (χ4n) is 5.34. The van der Waals surface area contributed by atoms with E-state index in [4.69, 9.17) is 4.74 Å². The quantitative estimate of drug-likeness (QED) is 0.472. The van der Waals surface area contributed by atoms with Gasteiger partial charge in [-0.1, -0.05) is 18.9 Å². The van der Waals surface area contributed by atoms with Crippen LogP contribution in [-0.2, 0) is 34.9 Å². The number of carbonyl (C=O) groups is 2. The van der Waals surface area contributed by atoms with Crippen molar-refractivity contribution in [3.8, 4) is 5.75 Å². The Bertz CT molecular complexity index is 1470. The Morgan fingerprint density at radius 3 is 2.58 bits per heavy atom. The van der Waals surface area contributed by atoms with Crippen molar-refractivity contribution in [3.63, 3.8) is 0 Å². The largest absolute Gasteiger partial charge is 0.516 e. The number of fused-ring (bicyclic) bond motifs is 3. The van der Waals surface area contributed by atoms with Crippen LogP contribution in [0, 0.1) is 5.92 Å². The van der Waals surface area contributed by atoms with Crippen LogP contribution >= 0.6 is 0 Å². The molecule has 40 heavy (non-hydrogen) atoms. The second-order valence-corrected chi connectivity index (χ2v) is 12.0. The Labute approximate surface area is 224 Å². The molecule has 1 aromatic carbocycles. The molecule has 3 aliphatic rings. The van der Waals surface area contributed by atoms with Crippen molar-refractivity contribution >= 4 is 21.8 Å². The van der Waals surface area contributed by atoms with Gasteiger partial charge in [-0.25, -0.2) is 4.72 Å². The predicted molar refractivity (Wildman–Crippen MR) is 126 cm³/mol. The Hall–Kier alpha value is -3.30. The van der Waals surface area contributed by atoms with Crippen LogP contribution in [0.5, 0.6) is 5.75 Å². The Balaban J connectivity index is 1.49. The van der Waals surface area contributed by atoms with Crippen LogP contribution in [0.25, 0.3) is 0 Å². The SMILES string of the molecule is O=C1N[C@@]2(CCCc3cc(OCC(F)(F)F)ccc32)Cc2nn(CCC3CC3)c(C(=O)NS(=O)(=O)C(F)(F)F)c21. The summed E-state index contributed by atoms with van der Waals surface area (Å²) in [7, 11) is -6.04. The van der Waals surface area contributed by atoms with Gasteiger partial charge in [0.05, 0.1) is 16.8 Å². The molecule has 0 unspecified atom stereocenters. The van der Waals surface area contributed by atoms with Gasteiger partial charge in [0.2, 0.25) is 0 Å². The minimum atomic E-state index is -6.04. The van der Waals surface area contributed by atoms with Crippen molar-refractivity contribution < 1.29 is 49.1 Å². The summed E-state index contributed by atoms with van der Waals surface area (Å²) < 4.78 is 107. The maximum absolute atomic E-state index is 13.4. The Morgan fingerprint density at radius 1 is 1.20 bits per heavy atom. The first-order chi connectivity index (χ1) is 18.6. The minimum absolute atomic E-state index is 0.00475. The summed E-state index contributed by atoms with van der Waals surface area (Å²) in [5.41, 5.74) is -6.30. The van der Waals surface area contributed by atoms with Gasteiger partial charge in [-0.3, -0.25) is 14.3 Å². The van der Waals surface area contributed by atoms with Crippen molar-refractivity contribution in [1.29, 1.82) is 0 Å². The molecule has 0 radical (unpaired) electrons. The Morgan fingerprint density at radius 2 is 1.93 bits per heavy atom. The molecule has 1 spiro atoms. The van der Waals surface area contributed by atoms with E-state index in [9.17, 15) is 44.3 Å². The van der Waals surface area contributed by atoms with Crippen LogP contribution in [0.3, 0.4) is 0 Å². The van der Waals surface area contributed by atoms with Crippen LogP contribution in [0.4, 0.5) is 26.3 Å². The van der Waals surface area contributed by atoms with E-state index in [-0.39, 0.29) is 30.0 Å². The summed E-state index contributed by atoms with van der Waals surface area (Å²) in [6.07, 6.45) is -0.623. The van der Waals surface area contributed by atoms with E-state index in [0.29, 0.717) is 42.7 Å². The number of sulfonamides is 1. The second-order valence-electron chi connectivity index (χ2n) is 10.3. The van der Waals surface area contributed by atoms with Gasteiger partial charge >= 0.3 is 21.7 Å². The van der Waals surface area contributed by atoms with Gasteiger partial charge in [-0.15, -0.1) is 0 Å². The fourth-order valence-corrected chi connectivity index (χ4v) is 5.80. The van der Waals surface area contributed by atoms with Crippen molar-refractivity contribution in [3.05, 3.63) is 46.3 Å². The van der Waals surface area contributed by atoms with Gasteiger partial charge in [0, 0.05) is 13.0 Å². The lowest BCUT2D eigenvalue weighted by Gasteiger charge is -2.42. The first-order valence-corrected chi connectivity index (χ1v) is 14.0. The molecule has 1 aliphatic heterocycles. The molecule has 2 N–H and O–H groups in total. The fraction of sp³-hybridized carbons (Fsp3) is 0.542. The number of hydrogen-bond donors (Lipinski definition) is 2. The molecule has 2 aliphatic carbocycles. The van der Waals surface area contributed by atoms with Crippen molar-refractivity contribution in [2.24, 2.45) is 5.92 Å². The normalized spacial score (nSPS) is 21.0. The van der Waals surface area contributed by atoms with E-state index in [2.05, 4.69) is 10.4 Å². The van der Waals surface area contributed by atoms with Gasteiger partial charge in [-0.05, 0) is 54.9 Å². The predicted octanol–water partition coefficient (Wildman–Crippen LogP) is 3.72. The molecule has 16 heteroatoms. The average molecular weight is 595 g/mol. The number of rotatable bonds is 7. The number of carbonyl (C=O) groups excluding carboxylic acids is 2. The zero-order valence-corrected chi connectivity index (χ0v) is 21.6. The van der Waals surface area contributed by atoms with Gasteiger partial charge in [0.1, 0.15) is 11.4 Å². The van der Waals surface area contributed by atoms with Crippen molar-refractivity contribution in [1.82, 2.24) is 19.8 Å². The molecule has 0 saturated heterocycles. The topological polar surface area (TPSA) is 119 Å². The lowest BCUT2D eigenvalue weighted by Crippen LogP contribution is -2.53. The first-order valence-electron chi connectivity index (χ1n) is 12.5. The van der Waals surface area contributed by atoms with Gasteiger partial charge < -0.3 is 10.1 Å². The van der Waals surface area contributed by atoms with E-state index in [1.807, 2.05) is 0 Å². The summed E-state index contributed by atoms with van der Waals surface area (Å²) in [6, 6.07) is 4.38. The first kappa shape index (κ1) is 28.2. The number of benzene rings is 1. The highest BCUT2D eigenvalue weighted by Gasteiger charge is 2.49. The number of alkyl halides is 6. The lowest BCUT2D eigenvalue weighted by atomic mass is 9.71. The highest BCUT2D eigenvalue weighted by atomic mass is 32.2. The maximum atomic E-state index is 13.4.